The van der Waals surface area contributed by atoms with Crippen LogP contribution in [0.2, 0.25) is 0 Å². The number of aromatic nitrogens is 4. The van der Waals surface area contributed by atoms with Gasteiger partial charge in [0, 0.05) is 25.2 Å². The number of hydrogen-bond acceptors (Lipinski definition) is 7. The molecule has 38 heavy (non-hydrogen) atoms. The molecule has 0 amide bonds. The van der Waals surface area contributed by atoms with Crippen LogP contribution in [0.4, 0.5) is 18.9 Å². The number of rotatable bonds is 10. The number of hydrogen-bond donors (Lipinski definition) is 1. The second kappa shape index (κ2) is 13.5. The number of carboxylic acids is 1. The number of carbonyl (C=O) groups is 1. The summed E-state index contributed by atoms with van der Waals surface area (Å²) in [6, 6.07) is 12.9. The van der Waals surface area contributed by atoms with Crippen molar-refractivity contribution in [2.24, 2.45) is 0 Å². The van der Waals surface area contributed by atoms with Gasteiger partial charge in [-0.05, 0) is 35.9 Å². The van der Waals surface area contributed by atoms with E-state index in [0.717, 1.165) is 42.8 Å². The third-order valence-electron chi connectivity index (χ3n) is 4.64. The predicted octanol–water partition coefficient (Wildman–Crippen LogP) is 5.82. The van der Waals surface area contributed by atoms with E-state index in [-0.39, 0.29) is 17.3 Å². The van der Waals surface area contributed by atoms with Gasteiger partial charge in [-0.25, -0.2) is 9.78 Å². The SMILES string of the molecule is C[N-]c1ccc(OCCCn2ccnn2)cc1.O=C(O)c1coc(C=Cc2ccc(OC(F)(F)F)cc2)n1. The second-order valence-electron chi connectivity index (χ2n) is 7.41. The van der Waals surface area contributed by atoms with Gasteiger partial charge in [-0.2, -0.15) is 0 Å². The van der Waals surface area contributed by atoms with E-state index in [4.69, 9.17) is 14.3 Å². The molecule has 0 fully saturated rings. The summed E-state index contributed by atoms with van der Waals surface area (Å²) < 4.78 is 51.9. The molecule has 0 unspecified atom stereocenters. The molecule has 4 rings (SSSR count). The molecule has 0 bridgehead atoms. The van der Waals surface area contributed by atoms with Crippen molar-refractivity contribution in [3.05, 3.63) is 89.7 Å². The Balaban J connectivity index is 0.000000215. The Bertz CT molecular complexity index is 1290. The van der Waals surface area contributed by atoms with E-state index in [0.29, 0.717) is 12.2 Å². The van der Waals surface area contributed by atoms with E-state index in [1.165, 1.54) is 24.3 Å². The highest BCUT2D eigenvalue weighted by Gasteiger charge is 2.30. The van der Waals surface area contributed by atoms with Crippen LogP contribution in [0, 0.1) is 0 Å². The van der Waals surface area contributed by atoms with E-state index in [1.807, 2.05) is 30.5 Å². The molecule has 1 N–H and O–H groups in total. The van der Waals surface area contributed by atoms with Crippen molar-refractivity contribution >= 4 is 23.8 Å². The van der Waals surface area contributed by atoms with Crippen LogP contribution < -0.4 is 9.47 Å². The van der Waals surface area contributed by atoms with Gasteiger partial charge >= 0.3 is 12.3 Å². The van der Waals surface area contributed by atoms with Gasteiger partial charge in [-0.3, -0.25) is 4.68 Å². The Morgan fingerprint density at radius 1 is 1.11 bits per heavy atom. The first-order valence-electron chi connectivity index (χ1n) is 11.1. The molecule has 0 saturated heterocycles. The summed E-state index contributed by atoms with van der Waals surface area (Å²) in [5.41, 5.74) is 1.29. The summed E-state index contributed by atoms with van der Waals surface area (Å²) in [5.74, 6) is -0.602. The van der Waals surface area contributed by atoms with Gasteiger partial charge in [-0.15, -0.1) is 31.0 Å². The lowest BCUT2D eigenvalue weighted by atomic mass is 10.2. The van der Waals surface area contributed by atoms with Gasteiger partial charge in [0.05, 0.1) is 12.8 Å². The summed E-state index contributed by atoms with van der Waals surface area (Å²) in [6.07, 6.45) is 3.58. The van der Waals surface area contributed by atoms with Gasteiger partial charge in [-0.1, -0.05) is 29.5 Å². The Labute approximate surface area is 215 Å². The number of ether oxygens (including phenoxy) is 2. The maximum absolute atomic E-state index is 12.0. The van der Waals surface area contributed by atoms with Crippen molar-refractivity contribution in [3.8, 4) is 11.5 Å². The summed E-state index contributed by atoms with van der Waals surface area (Å²) in [6.45, 7) is 1.49. The van der Waals surface area contributed by atoms with Gasteiger partial charge in [0.15, 0.2) is 5.69 Å². The molecule has 0 aliphatic heterocycles. The van der Waals surface area contributed by atoms with Gasteiger partial charge in [0.2, 0.25) is 5.89 Å². The quantitative estimate of drug-likeness (QED) is 0.254. The van der Waals surface area contributed by atoms with Crippen molar-refractivity contribution in [1.82, 2.24) is 20.0 Å². The highest BCUT2D eigenvalue weighted by molar-refractivity contribution is 5.85. The maximum atomic E-state index is 12.0. The van der Waals surface area contributed by atoms with Crippen molar-refractivity contribution in [2.45, 2.75) is 19.3 Å². The number of benzene rings is 2. The molecule has 2 aromatic heterocycles. The van der Waals surface area contributed by atoms with Crippen LogP contribution in [-0.2, 0) is 6.54 Å². The third kappa shape index (κ3) is 9.68. The minimum absolute atomic E-state index is 0.0722. The Morgan fingerprint density at radius 2 is 1.82 bits per heavy atom. The molecule has 13 heteroatoms. The number of aryl methyl sites for hydroxylation is 1. The monoisotopic (exact) mass is 530 g/mol. The van der Waals surface area contributed by atoms with Crippen molar-refractivity contribution in [2.75, 3.05) is 13.7 Å². The fourth-order valence-corrected chi connectivity index (χ4v) is 2.87. The molecular formula is C25H23F3N5O5-. The molecule has 200 valence electrons. The third-order valence-corrected chi connectivity index (χ3v) is 4.64. The van der Waals surface area contributed by atoms with E-state index in [2.05, 4.69) is 25.3 Å². The fourth-order valence-electron chi connectivity index (χ4n) is 2.87. The molecular weight excluding hydrogens is 507 g/mol. The fraction of sp³-hybridized carbons (Fsp3) is 0.200. The average Bonchev–Trinajstić information content (AvgIpc) is 3.59. The average molecular weight is 530 g/mol. The highest BCUT2D eigenvalue weighted by Crippen LogP contribution is 2.23. The Kier molecular flexibility index (Phi) is 9.86. The van der Waals surface area contributed by atoms with Crippen LogP contribution in [0.15, 0.2) is 71.6 Å². The molecule has 0 atom stereocenters. The van der Waals surface area contributed by atoms with Crippen molar-refractivity contribution in [1.29, 1.82) is 0 Å². The summed E-state index contributed by atoms with van der Waals surface area (Å²) >= 11 is 0. The second-order valence-corrected chi connectivity index (χ2v) is 7.41. The van der Waals surface area contributed by atoms with Crippen LogP contribution >= 0.6 is 0 Å². The number of carboxylic acid groups (broad SMARTS) is 1. The van der Waals surface area contributed by atoms with Gasteiger partial charge in [0.25, 0.3) is 0 Å². The standard InChI is InChI=1S/C13H8F3NO4.C12H15N4O/c14-13(15,16)21-9-4-1-8(2-5-9)3-6-11-17-10(7-20-11)12(18)19;1-13-11-3-5-12(6-4-11)17-10-2-8-16-9-7-14-15-16/h1-7H,(H,18,19);3-7,9H,2,8,10H2,1H3/q;-1. The first-order valence-corrected chi connectivity index (χ1v) is 11.1. The highest BCUT2D eigenvalue weighted by atomic mass is 19.4. The van der Waals surface area contributed by atoms with Crippen LogP contribution in [0.1, 0.15) is 28.4 Å². The normalized spacial score (nSPS) is 11.1. The minimum Gasteiger partial charge on any atom is -0.687 e. The van der Waals surface area contributed by atoms with Gasteiger partial charge < -0.3 is 24.3 Å². The lowest BCUT2D eigenvalue weighted by Crippen LogP contribution is -2.16. The van der Waals surface area contributed by atoms with Crippen LogP contribution in [-0.4, -0.2) is 51.1 Å². The molecule has 0 aliphatic rings. The molecule has 0 saturated carbocycles. The first kappa shape index (κ1) is 27.8. The number of oxazole rings is 1. The van der Waals surface area contributed by atoms with Gasteiger partial charge in [0.1, 0.15) is 17.8 Å². The number of nitrogens with zero attached hydrogens (tertiary/aromatic N) is 5. The zero-order valence-electron chi connectivity index (χ0n) is 20.1. The zero-order valence-corrected chi connectivity index (χ0v) is 20.1. The van der Waals surface area contributed by atoms with E-state index in [9.17, 15) is 18.0 Å². The van der Waals surface area contributed by atoms with Crippen LogP contribution in [0.3, 0.4) is 0 Å². The molecule has 2 aromatic carbocycles. The predicted molar refractivity (Wildman–Crippen MR) is 131 cm³/mol. The molecule has 0 aliphatic carbocycles. The summed E-state index contributed by atoms with van der Waals surface area (Å²) in [4.78, 5) is 14.3. The number of aromatic carboxylic acids is 1. The van der Waals surface area contributed by atoms with Crippen LogP contribution in [0.25, 0.3) is 17.5 Å². The smallest absolute Gasteiger partial charge is 0.573 e. The van der Waals surface area contributed by atoms with Crippen molar-refractivity contribution < 1.29 is 37.0 Å². The maximum Gasteiger partial charge on any atom is 0.573 e. The lowest BCUT2D eigenvalue weighted by molar-refractivity contribution is -0.274. The van der Waals surface area contributed by atoms with E-state index in [1.54, 1.807) is 17.9 Å². The molecule has 0 radical (unpaired) electrons. The summed E-state index contributed by atoms with van der Waals surface area (Å²) in [5, 5.41) is 20.3. The van der Waals surface area contributed by atoms with Crippen LogP contribution in [0.5, 0.6) is 11.5 Å². The lowest BCUT2D eigenvalue weighted by Gasteiger charge is -2.14. The number of halogens is 3. The van der Waals surface area contributed by atoms with Crippen molar-refractivity contribution in [3.63, 3.8) is 0 Å². The molecule has 2 heterocycles. The largest absolute Gasteiger partial charge is 0.687 e. The topological polar surface area (TPSA) is 127 Å². The van der Waals surface area contributed by atoms with E-state index < -0.39 is 12.3 Å². The summed E-state index contributed by atoms with van der Waals surface area (Å²) in [7, 11) is 1.77. The molecule has 10 nitrogen and oxygen atoms in total. The molecule has 0 spiro atoms. The number of alkyl halides is 3. The Hall–Kier alpha value is -4.81. The first-order chi connectivity index (χ1) is 18.2. The Morgan fingerprint density at radius 3 is 2.39 bits per heavy atom. The minimum atomic E-state index is -4.73. The zero-order chi connectivity index (χ0) is 27.4. The van der Waals surface area contributed by atoms with E-state index >= 15 is 0 Å². The molecule has 4 aromatic rings.